The van der Waals surface area contributed by atoms with Crippen LogP contribution in [0.25, 0.3) is 22.8 Å². The van der Waals surface area contributed by atoms with E-state index in [1.54, 1.807) is 13.8 Å². The van der Waals surface area contributed by atoms with E-state index in [0.717, 1.165) is 22.8 Å². The molecule has 202 valence electrons. The van der Waals surface area contributed by atoms with E-state index in [9.17, 15) is 9.90 Å². The zero-order chi connectivity index (χ0) is 27.8. The molecule has 4 heterocycles. The molecule has 4 aromatic rings. The summed E-state index contributed by atoms with van der Waals surface area (Å²) < 4.78 is 11.2. The Balaban J connectivity index is 1.77. The predicted octanol–water partition coefficient (Wildman–Crippen LogP) is 4.91. The van der Waals surface area contributed by atoms with Crippen molar-refractivity contribution in [1.82, 2.24) is 19.9 Å². The molecule has 0 fully saturated rings. The number of carbonyl (C=O) groups excluding carboxylic acids is 1. The van der Waals surface area contributed by atoms with E-state index < -0.39 is 17.7 Å². The lowest BCUT2D eigenvalue weighted by molar-refractivity contribution is -0.201. The van der Waals surface area contributed by atoms with Crippen LogP contribution in [-0.4, -0.2) is 50.5 Å². The van der Waals surface area contributed by atoms with Gasteiger partial charge >= 0.3 is 5.97 Å². The number of rotatable bonds is 11. The van der Waals surface area contributed by atoms with Crippen LogP contribution in [0.3, 0.4) is 0 Å². The minimum atomic E-state index is -1.50. The number of ether oxygens (including phenoxy) is 2. The van der Waals surface area contributed by atoms with Crippen molar-refractivity contribution in [2.24, 2.45) is 5.41 Å². The topological polar surface area (TPSA) is 107 Å². The lowest BCUT2D eigenvalue weighted by Gasteiger charge is -2.35. The number of aromatic nitrogens is 4. The predicted molar refractivity (Wildman–Crippen MR) is 149 cm³/mol. The van der Waals surface area contributed by atoms with Crippen LogP contribution < -0.4 is 0 Å². The summed E-state index contributed by atoms with van der Waals surface area (Å²) in [7, 11) is 0. The highest BCUT2D eigenvalue weighted by atomic mass is 16.6. The summed E-state index contributed by atoms with van der Waals surface area (Å²) in [4.78, 5) is 32.4. The zero-order valence-corrected chi connectivity index (χ0v) is 22.8. The normalized spacial score (nSPS) is 12.2. The van der Waals surface area contributed by atoms with E-state index in [2.05, 4.69) is 9.97 Å². The summed E-state index contributed by atoms with van der Waals surface area (Å²) in [6.07, 6.45) is -1.31. The lowest BCUT2D eigenvalue weighted by atomic mass is 9.77. The molecule has 1 atom stereocenters. The summed E-state index contributed by atoms with van der Waals surface area (Å²) in [5.74, 6) is -0.576. The maximum atomic E-state index is 13.6. The lowest BCUT2D eigenvalue weighted by Crippen LogP contribution is -2.49. The molecule has 0 aliphatic carbocycles. The Morgan fingerprint density at radius 1 is 0.718 bits per heavy atom. The van der Waals surface area contributed by atoms with E-state index >= 15 is 0 Å². The van der Waals surface area contributed by atoms with Crippen LogP contribution in [0.4, 0.5) is 0 Å². The standard InChI is InChI=1S/C31H34N4O4/c1-5-38-29(36)31(30(37)39-6-2,19-23-13-9-17-27(34-23)25-15-7-11-21(3)32-25)20-24-14-10-18-28(35-24)26-16-8-12-22(4)33-26/h7-18,29,36H,5-6,19-20H2,1-4H3. The molecular weight excluding hydrogens is 492 g/mol. The van der Waals surface area contributed by atoms with E-state index in [0.29, 0.717) is 22.8 Å². The number of nitrogens with zero attached hydrogens (tertiary/aromatic N) is 4. The number of hydrogen-bond acceptors (Lipinski definition) is 8. The molecule has 1 unspecified atom stereocenters. The third-order valence-electron chi connectivity index (χ3n) is 6.39. The number of aliphatic hydroxyl groups excluding tert-OH is 1. The van der Waals surface area contributed by atoms with Gasteiger partial charge < -0.3 is 14.6 Å². The van der Waals surface area contributed by atoms with Crippen LogP contribution in [0.1, 0.15) is 36.6 Å². The van der Waals surface area contributed by atoms with Gasteiger partial charge in [0.1, 0.15) is 5.41 Å². The average molecular weight is 527 g/mol. The molecule has 4 aromatic heterocycles. The number of carbonyl (C=O) groups is 1. The van der Waals surface area contributed by atoms with Gasteiger partial charge in [-0.05, 0) is 76.2 Å². The fourth-order valence-corrected chi connectivity index (χ4v) is 4.53. The summed E-state index contributed by atoms with van der Waals surface area (Å²) in [6.45, 7) is 7.71. The van der Waals surface area contributed by atoms with Crippen LogP contribution in [0.2, 0.25) is 0 Å². The van der Waals surface area contributed by atoms with Gasteiger partial charge in [-0.1, -0.05) is 24.3 Å². The minimum absolute atomic E-state index is 0.0707. The third-order valence-corrected chi connectivity index (χ3v) is 6.39. The van der Waals surface area contributed by atoms with Gasteiger partial charge in [-0.15, -0.1) is 0 Å². The smallest absolute Gasteiger partial charge is 0.318 e. The second-order valence-corrected chi connectivity index (χ2v) is 9.39. The Bertz CT molecular complexity index is 1330. The minimum Gasteiger partial charge on any atom is -0.465 e. The first-order valence-electron chi connectivity index (χ1n) is 13.1. The molecule has 0 amide bonds. The first-order valence-corrected chi connectivity index (χ1v) is 13.1. The van der Waals surface area contributed by atoms with Gasteiger partial charge in [0, 0.05) is 42.2 Å². The molecule has 8 nitrogen and oxygen atoms in total. The number of esters is 1. The highest BCUT2D eigenvalue weighted by molar-refractivity contribution is 5.78. The fraction of sp³-hybridized carbons (Fsp3) is 0.323. The summed E-state index contributed by atoms with van der Waals surface area (Å²) >= 11 is 0. The van der Waals surface area contributed by atoms with Gasteiger partial charge in [-0.25, -0.2) is 0 Å². The molecule has 39 heavy (non-hydrogen) atoms. The molecule has 0 aliphatic heterocycles. The van der Waals surface area contributed by atoms with Gasteiger partial charge in [0.15, 0.2) is 6.29 Å². The second-order valence-electron chi connectivity index (χ2n) is 9.39. The van der Waals surface area contributed by atoms with Crippen LogP contribution in [0.15, 0.2) is 72.8 Å². The average Bonchev–Trinajstić information content (AvgIpc) is 2.93. The molecule has 0 radical (unpaired) electrons. The van der Waals surface area contributed by atoms with Crippen molar-refractivity contribution in [3.05, 3.63) is 95.6 Å². The first-order chi connectivity index (χ1) is 18.8. The van der Waals surface area contributed by atoms with Crippen LogP contribution in [0.5, 0.6) is 0 Å². The molecule has 0 spiro atoms. The SMILES string of the molecule is CCOC(=O)C(Cc1cccc(-c2cccc(C)n2)n1)(Cc1cccc(-c2cccc(C)n2)n1)C(O)OCC. The number of aliphatic hydroxyl groups is 1. The Kier molecular flexibility index (Phi) is 9.11. The fourth-order valence-electron chi connectivity index (χ4n) is 4.53. The number of pyridine rings is 4. The molecule has 0 saturated carbocycles. The Morgan fingerprint density at radius 3 is 1.56 bits per heavy atom. The van der Waals surface area contributed by atoms with Crippen molar-refractivity contribution < 1.29 is 19.4 Å². The maximum absolute atomic E-state index is 13.6. The van der Waals surface area contributed by atoms with Crippen LogP contribution >= 0.6 is 0 Å². The molecule has 4 rings (SSSR count). The summed E-state index contributed by atoms with van der Waals surface area (Å²) in [5.41, 5.74) is 4.24. The Hall–Kier alpha value is -4.01. The Labute approximate surface area is 229 Å². The number of hydrogen-bond donors (Lipinski definition) is 1. The van der Waals surface area contributed by atoms with Crippen molar-refractivity contribution in [2.75, 3.05) is 13.2 Å². The van der Waals surface area contributed by atoms with E-state index in [1.165, 1.54) is 0 Å². The summed E-state index contributed by atoms with van der Waals surface area (Å²) in [6, 6.07) is 22.6. The van der Waals surface area contributed by atoms with Crippen molar-refractivity contribution >= 4 is 5.97 Å². The second kappa shape index (κ2) is 12.7. The molecule has 0 bridgehead atoms. The van der Waals surface area contributed by atoms with Crippen molar-refractivity contribution in [3.8, 4) is 22.8 Å². The quantitative estimate of drug-likeness (QED) is 0.217. The highest BCUT2D eigenvalue weighted by Gasteiger charge is 2.48. The Morgan fingerprint density at radius 2 is 1.15 bits per heavy atom. The number of aryl methyl sites for hydroxylation is 2. The largest absolute Gasteiger partial charge is 0.465 e. The summed E-state index contributed by atoms with van der Waals surface area (Å²) in [5, 5.41) is 11.3. The highest BCUT2D eigenvalue weighted by Crippen LogP contribution is 2.35. The van der Waals surface area contributed by atoms with Gasteiger partial charge in [0.25, 0.3) is 0 Å². The van der Waals surface area contributed by atoms with Crippen molar-refractivity contribution in [3.63, 3.8) is 0 Å². The molecule has 0 aromatic carbocycles. The van der Waals surface area contributed by atoms with Gasteiger partial charge in [0.05, 0.1) is 29.4 Å². The van der Waals surface area contributed by atoms with Crippen molar-refractivity contribution in [1.29, 1.82) is 0 Å². The van der Waals surface area contributed by atoms with Gasteiger partial charge in [0.2, 0.25) is 0 Å². The van der Waals surface area contributed by atoms with E-state index in [4.69, 9.17) is 19.4 Å². The molecule has 8 heteroatoms. The first kappa shape index (κ1) is 28.0. The molecular formula is C31H34N4O4. The third kappa shape index (κ3) is 6.71. The monoisotopic (exact) mass is 526 g/mol. The van der Waals surface area contributed by atoms with E-state index in [1.807, 2.05) is 86.6 Å². The van der Waals surface area contributed by atoms with Crippen LogP contribution in [-0.2, 0) is 27.1 Å². The van der Waals surface area contributed by atoms with Crippen LogP contribution in [0, 0.1) is 19.3 Å². The van der Waals surface area contributed by atoms with Gasteiger partial charge in [-0.2, -0.15) is 0 Å². The van der Waals surface area contributed by atoms with Gasteiger partial charge in [-0.3, -0.25) is 24.7 Å². The molecule has 0 saturated heterocycles. The van der Waals surface area contributed by atoms with Crippen molar-refractivity contribution in [2.45, 2.75) is 46.8 Å². The van der Waals surface area contributed by atoms with E-state index in [-0.39, 0.29) is 26.1 Å². The maximum Gasteiger partial charge on any atom is 0.318 e. The molecule has 1 N–H and O–H groups in total. The molecule has 0 aliphatic rings. The zero-order valence-electron chi connectivity index (χ0n) is 22.8.